The zero-order valence-corrected chi connectivity index (χ0v) is 12.2. The Labute approximate surface area is 121 Å². The Balaban J connectivity index is 1.68. The average Bonchev–Trinajstić information content (AvgIpc) is 3.05. The van der Waals surface area contributed by atoms with Gasteiger partial charge in [0, 0.05) is 28.9 Å². The molecule has 19 heavy (non-hydrogen) atoms. The van der Waals surface area contributed by atoms with Gasteiger partial charge in [-0.25, -0.2) is 0 Å². The molecule has 1 aliphatic carbocycles. The second-order valence-corrected chi connectivity index (χ2v) is 5.92. The summed E-state index contributed by atoms with van der Waals surface area (Å²) in [6.45, 7) is 1.27. The quantitative estimate of drug-likeness (QED) is 0.869. The molecule has 3 rings (SSSR count). The van der Waals surface area contributed by atoms with Crippen molar-refractivity contribution in [2.24, 2.45) is 5.92 Å². The molecule has 1 aromatic rings. The Morgan fingerprint density at radius 1 is 1.37 bits per heavy atom. The molecule has 0 spiro atoms. The summed E-state index contributed by atoms with van der Waals surface area (Å²) in [4.78, 5) is 12.0. The van der Waals surface area contributed by atoms with Gasteiger partial charge >= 0.3 is 0 Å². The molecule has 1 heterocycles. The summed E-state index contributed by atoms with van der Waals surface area (Å²) in [5.74, 6) is 1.20. The molecule has 0 saturated heterocycles. The zero-order valence-electron chi connectivity index (χ0n) is 10.6. The van der Waals surface area contributed by atoms with Gasteiger partial charge in [-0.1, -0.05) is 28.1 Å². The van der Waals surface area contributed by atoms with Crippen molar-refractivity contribution in [1.29, 1.82) is 0 Å². The number of ether oxygens (including phenoxy) is 1. The van der Waals surface area contributed by atoms with Gasteiger partial charge in [0.1, 0.15) is 5.75 Å². The molecule has 100 valence electrons. The summed E-state index contributed by atoms with van der Waals surface area (Å²) in [6, 6.07) is 4.12. The first-order valence-electron chi connectivity index (χ1n) is 6.61. The highest BCUT2D eigenvalue weighted by Gasteiger charge is 2.21. The number of hydrogen-bond acceptors (Lipinski definition) is 2. The van der Waals surface area contributed by atoms with Crippen LogP contribution in [-0.4, -0.2) is 12.5 Å². The molecule has 0 saturated carbocycles. The third-order valence-corrected chi connectivity index (χ3v) is 4.11. The van der Waals surface area contributed by atoms with Crippen LogP contribution in [0, 0.1) is 5.92 Å². The summed E-state index contributed by atoms with van der Waals surface area (Å²) in [7, 11) is 0. The minimum absolute atomic E-state index is 0.112. The largest absolute Gasteiger partial charge is 0.493 e. The molecular weight excluding hydrogens is 306 g/mol. The molecule has 0 aromatic heterocycles. The van der Waals surface area contributed by atoms with E-state index < -0.39 is 0 Å². The molecule has 3 nitrogen and oxygen atoms in total. The molecular formula is C15H16BrNO2. The number of fused-ring (bicyclic) bond motifs is 1. The summed E-state index contributed by atoms with van der Waals surface area (Å²) < 4.78 is 6.70. The maximum absolute atomic E-state index is 12.0. The predicted octanol–water partition coefficient (Wildman–Crippen LogP) is 2.97. The van der Waals surface area contributed by atoms with Crippen molar-refractivity contribution in [3.05, 3.63) is 39.9 Å². The van der Waals surface area contributed by atoms with Gasteiger partial charge in [-0.3, -0.25) is 4.79 Å². The van der Waals surface area contributed by atoms with Crippen molar-refractivity contribution in [2.45, 2.75) is 25.8 Å². The number of carbonyl (C=O) groups is 1. The fourth-order valence-corrected chi connectivity index (χ4v) is 3.19. The Kier molecular flexibility index (Phi) is 3.60. The van der Waals surface area contributed by atoms with Gasteiger partial charge in [-0.05, 0) is 30.5 Å². The molecule has 1 amide bonds. The Morgan fingerprint density at radius 2 is 2.16 bits per heavy atom. The van der Waals surface area contributed by atoms with E-state index in [9.17, 15) is 4.79 Å². The standard InChI is InChI=1S/C15H16BrNO2/c16-13-7-11-5-6-19-14(11)12(8-13)9-17-15(18)10-3-1-2-4-10/h1-2,7-8,10H,3-6,9H2,(H,17,18). The van der Waals surface area contributed by atoms with Crippen molar-refractivity contribution in [1.82, 2.24) is 5.32 Å². The van der Waals surface area contributed by atoms with Gasteiger partial charge in [0.05, 0.1) is 6.61 Å². The van der Waals surface area contributed by atoms with Crippen LogP contribution in [0.5, 0.6) is 5.75 Å². The van der Waals surface area contributed by atoms with Gasteiger partial charge in [-0.2, -0.15) is 0 Å². The molecule has 1 aromatic carbocycles. The first kappa shape index (κ1) is 12.7. The highest BCUT2D eigenvalue weighted by atomic mass is 79.9. The first-order valence-corrected chi connectivity index (χ1v) is 7.40. The predicted molar refractivity (Wildman–Crippen MR) is 77.1 cm³/mol. The lowest BCUT2D eigenvalue weighted by atomic mass is 10.1. The van der Waals surface area contributed by atoms with Crippen LogP contribution in [0.3, 0.4) is 0 Å². The number of benzene rings is 1. The van der Waals surface area contributed by atoms with E-state index in [4.69, 9.17) is 4.74 Å². The van der Waals surface area contributed by atoms with Crippen LogP contribution in [0.15, 0.2) is 28.8 Å². The third-order valence-electron chi connectivity index (χ3n) is 3.66. The minimum Gasteiger partial charge on any atom is -0.493 e. The summed E-state index contributed by atoms with van der Waals surface area (Å²) in [6.07, 6.45) is 6.81. The molecule has 0 unspecified atom stereocenters. The van der Waals surface area contributed by atoms with Crippen molar-refractivity contribution < 1.29 is 9.53 Å². The van der Waals surface area contributed by atoms with E-state index in [0.29, 0.717) is 6.54 Å². The van der Waals surface area contributed by atoms with E-state index in [1.165, 1.54) is 5.56 Å². The SMILES string of the molecule is O=C(NCc1cc(Br)cc2c1OCC2)C1CC=CC1. The van der Waals surface area contributed by atoms with E-state index in [1.54, 1.807) is 0 Å². The van der Waals surface area contributed by atoms with Crippen LogP contribution in [0.2, 0.25) is 0 Å². The van der Waals surface area contributed by atoms with E-state index in [-0.39, 0.29) is 11.8 Å². The molecule has 0 bridgehead atoms. The van der Waals surface area contributed by atoms with E-state index >= 15 is 0 Å². The lowest BCUT2D eigenvalue weighted by molar-refractivity contribution is -0.124. The number of allylic oxidation sites excluding steroid dienone is 2. The lowest BCUT2D eigenvalue weighted by Gasteiger charge is -2.13. The summed E-state index contributed by atoms with van der Waals surface area (Å²) in [5, 5.41) is 3.02. The fourth-order valence-electron chi connectivity index (χ4n) is 2.64. The Morgan fingerprint density at radius 3 is 2.95 bits per heavy atom. The number of hydrogen-bond donors (Lipinski definition) is 1. The zero-order chi connectivity index (χ0) is 13.2. The van der Waals surface area contributed by atoms with Crippen LogP contribution < -0.4 is 10.1 Å². The Hall–Kier alpha value is -1.29. The topological polar surface area (TPSA) is 38.3 Å². The van der Waals surface area contributed by atoms with Gasteiger partial charge in [0.2, 0.25) is 5.91 Å². The van der Waals surface area contributed by atoms with Crippen LogP contribution >= 0.6 is 15.9 Å². The molecule has 4 heteroatoms. The minimum atomic E-state index is 0.112. The van der Waals surface area contributed by atoms with Crippen molar-refractivity contribution in [3.8, 4) is 5.75 Å². The maximum atomic E-state index is 12.0. The van der Waals surface area contributed by atoms with E-state index in [1.807, 2.05) is 6.07 Å². The molecule has 1 N–H and O–H groups in total. The second-order valence-electron chi connectivity index (χ2n) is 5.01. The van der Waals surface area contributed by atoms with Gasteiger partial charge in [-0.15, -0.1) is 0 Å². The maximum Gasteiger partial charge on any atom is 0.224 e. The second kappa shape index (κ2) is 5.37. The van der Waals surface area contributed by atoms with Gasteiger partial charge < -0.3 is 10.1 Å². The molecule has 0 fully saturated rings. The smallest absolute Gasteiger partial charge is 0.224 e. The molecule has 0 radical (unpaired) electrons. The van der Waals surface area contributed by atoms with Crippen LogP contribution in [0.1, 0.15) is 24.0 Å². The third kappa shape index (κ3) is 2.68. The van der Waals surface area contributed by atoms with E-state index in [0.717, 1.165) is 41.7 Å². The van der Waals surface area contributed by atoms with Crippen LogP contribution in [0.4, 0.5) is 0 Å². The summed E-state index contributed by atoms with van der Waals surface area (Å²) >= 11 is 3.51. The number of rotatable bonds is 3. The van der Waals surface area contributed by atoms with Gasteiger partial charge in [0.15, 0.2) is 0 Å². The normalized spacial score (nSPS) is 17.3. The molecule has 0 atom stereocenters. The van der Waals surface area contributed by atoms with Crippen molar-refractivity contribution in [2.75, 3.05) is 6.61 Å². The number of nitrogens with one attached hydrogen (secondary N) is 1. The fraction of sp³-hybridized carbons (Fsp3) is 0.400. The molecule has 1 aliphatic heterocycles. The van der Waals surface area contributed by atoms with Gasteiger partial charge in [0.25, 0.3) is 0 Å². The van der Waals surface area contributed by atoms with Crippen molar-refractivity contribution in [3.63, 3.8) is 0 Å². The first-order chi connectivity index (χ1) is 9.24. The highest BCUT2D eigenvalue weighted by Crippen LogP contribution is 2.33. The Bertz CT molecular complexity index is 531. The van der Waals surface area contributed by atoms with Crippen LogP contribution in [0.25, 0.3) is 0 Å². The highest BCUT2D eigenvalue weighted by molar-refractivity contribution is 9.10. The summed E-state index contributed by atoms with van der Waals surface area (Å²) in [5.41, 5.74) is 2.28. The monoisotopic (exact) mass is 321 g/mol. The molecule has 2 aliphatic rings. The van der Waals surface area contributed by atoms with Crippen molar-refractivity contribution >= 4 is 21.8 Å². The number of halogens is 1. The lowest BCUT2D eigenvalue weighted by Crippen LogP contribution is -2.29. The average molecular weight is 322 g/mol. The van der Waals surface area contributed by atoms with E-state index in [2.05, 4.69) is 39.5 Å². The van der Waals surface area contributed by atoms with Crippen LogP contribution in [-0.2, 0) is 17.8 Å². The number of amides is 1. The number of carbonyl (C=O) groups excluding carboxylic acids is 1.